The number of aliphatic hydroxyl groups excluding tert-OH is 1. The Morgan fingerprint density at radius 1 is 0.337 bits per heavy atom. The zero-order chi connectivity index (χ0) is 72.1. The lowest BCUT2D eigenvalue weighted by atomic mass is 9.99. The van der Waals surface area contributed by atoms with Gasteiger partial charge in [-0.1, -0.05) is 308 Å². The van der Waals surface area contributed by atoms with Crippen LogP contribution in [0, 0.1) is 11.8 Å². The zero-order valence-corrected chi connectivity index (χ0v) is 64.8. The normalized spacial score (nSPS) is 14.6. The lowest BCUT2D eigenvalue weighted by Crippen LogP contribution is -2.30. The number of aliphatic hydroxyl groups is 1. The lowest BCUT2D eigenvalue weighted by molar-refractivity contribution is -0.161. The fraction of sp³-hybridized carbons (Fsp3) is 0.848. The van der Waals surface area contributed by atoms with Gasteiger partial charge in [-0.3, -0.25) is 37.3 Å². The van der Waals surface area contributed by atoms with Crippen LogP contribution in [0.5, 0.6) is 0 Å². The number of ether oxygens (including phenoxy) is 4. The van der Waals surface area contributed by atoms with Gasteiger partial charge in [-0.05, 0) is 88.9 Å². The largest absolute Gasteiger partial charge is 0.472 e. The Hall–Kier alpha value is -2.98. The molecule has 0 spiro atoms. The van der Waals surface area contributed by atoms with E-state index in [-0.39, 0.29) is 25.7 Å². The van der Waals surface area contributed by atoms with Crippen LogP contribution in [0.4, 0.5) is 0 Å². The van der Waals surface area contributed by atoms with E-state index in [1.807, 2.05) is 0 Å². The molecule has 0 aromatic carbocycles. The highest BCUT2D eigenvalue weighted by Gasteiger charge is 2.30. The zero-order valence-electron chi connectivity index (χ0n) is 63.1. The van der Waals surface area contributed by atoms with Gasteiger partial charge in [-0.15, -0.1) is 0 Å². The summed E-state index contributed by atoms with van der Waals surface area (Å²) in [5.41, 5.74) is 0. The van der Waals surface area contributed by atoms with Crippen molar-refractivity contribution in [2.75, 3.05) is 39.6 Å². The molecule has 17 nitrogen and oxygen atoms in total. The number of unbranched alkanes of at least 4 members (excludes halogenated alkanes) is 37. The van der Waals surface area contributed by atoms with Crippen molar-refractivity contribution < 1.29 is 80.2 Å². The molecule has 0 aromatic rings. The molecular formula is C79H146O17P2. The smallest absolute Gasteiger partial charge is 0.462 e. The molecule has 0 aliphatic heterocycles. The molecule has 0 saturated carbocycles. The summed E-state index contributed by atoms with van der Waals surface area (Å²) in [6, 6.07) is 0. The van der Waals surface area contributed by atoms with E-state index in [0.717, 1.165) is 134 Å². The van der Waals surface area contributed by atoms with Crippen LogP contribution in [0.2, 0.25) is 0 Å². The van der Waals surface area contributed by atoms with E-state index in [0.29, 0.717) is 31.6 Å². The second-order valence-electron chi connectivity index (χ2n) is 27.8. The van der Waals surface area contributed by atoms with Crippen LogP contribution < -0.4 is 0 Å². The van der Waals surface area contributed by atoms with Gasteiger partial charge in [0.15, 0.2) is 12.2 Å². The maximum atomic E-state index is 13.1. The van der Waals surface area contributed by atoms with Crippen LogP contribution >= 0.6 is 15.6 Å². The molecule has 19 heteroatoms. The fourth-order valence-electron chi connectivity index (χ4n) is 11.1. The van der Waals surface area contributed by atoms with Crippen molar-refractivity contribution in [2.45, 2.75) is 381 Å². The van der Waals surface area contributed by atoms with E-state index in [4.69, 9.17) is 37.0 Å². The predicted octanol–water partition coefficient (Wildman–Crippen LogP) is 22.6. The van der Waals surface area contributed by atoms with Gasteiger partial charge in [0.1, 0.15) is 19.3 Å². The van der Waals surface area contributed by atoms with Crippen LogP contribution in [0.25, 0.3) is 0 Å². The summed E-state index contributed by atoms with van der Waals surface area (Å²) in [6.07, 6.45) is 64.0. The van der Waals surface area contributed by atoms with Gasteiger partial charge < -0.3 is 33.8 Å². The second kappa shape index (κ2) is 69.7. The Balaban J connectivity index is 5.31. The molecule has 0 aliphatic rings. The van der Waals surface area contributed by atoms with E-state index < -0.39 is 97.5 Å². The third-order valence-electron chi connectivity index (χ3n) is 17.6. The average molecular weight is 1430 g/mol. The molecule has 0 aromatic heterocycles. The van der Waals surface area contributed by atoms with Gasteiger partial charge in [0, 0.05) is 25.7 Å². The minimum atomic E-state index is -4.97. The Kier molecular flexibility index (Phi) is 67.6. The Bertz CT molecular complexity index is 2080. The van der Waals surface area contributed by atoms with Gasteiger partial charge in [0.05, 0.1) is 26.4 Å². The number of allylic oxidation sites excluding steroid dienone is 8. The van der Waals surface area contributed by atoms with Crippen molar-refractivity contribution >= 4 is 39.5 Å². The molecule has 0 rings (SSSR count). The number of phosphoric acid groups is 2. The minimum absolute atomic E-state index is 0.0780. The Morgan fingerprint density at radius 2 is 0.602 bits per heavy atom. The molecule has 0 saturated heterocycles. The highest BCUT2D eigenvalue weighted by Crippen LogP contribution is 2.45. The monoisotopic (exact) mass is 1430 g/mol. The van der Waals surface area contributed by atoms with Gasteiger partial charge in [-0.25, -0.2) is 9.13 Å². The fourth-order valence-corrected chi connectivity index (χ4v) is 12.6. The van der Waals surface area contributed by atoms with Crippen LogP contribution in [0.15, 0.2) is 48.6 Å². The Morgan fingerprint density at radius 3 is 0.908 bits per heavy atom. The van der Waals surface area contributed by atoms with Crippen molar-refractivity contribution in [3.8, 4) is 0 Å². The van der Waals surface area contributed by atoms with Crippen molar-refractivity contribution in [3.05, 3.63) is 48.6 Å². The first-order valence-electron chi connectivity index (χ1n) is 39.7. The number of hydrogen-bond acceptors (Lipinski definition) is 15. The third kappa shape index (κ3) is 70.1. The summed E-state index contributed by atoms with van der Waals surface area (Å²) < 4.78 is 68.5. The molecular weight excluding hydrogens is 1280 g/mol. The van der Waals surface area contributed by atoms with Crippen LogP contribution in [0.1, 0.15) is 363 Å². The lowest BCUT2D eigenvalue weighted by Gasteiger charge is -2.21. The first-order valence-corrected chi connectivity index (χ1v) is 42.7. The molecule has 98 heavy (non-hydrogen) atoms. The number of carbonyl (C=O) groups excluding carboxylic acids is 4. The van der Waals surface area contributed by atoms with E-state index in [1.165, 1.54) is 141 Å². The average Bonchev–Trinajstić information content (AvgIpc) is 0.938. The van der Waals surface area contributed by atoms with Crippen LogP contribution in [0.3, 0.4) is 0 Å². The van der Waals surface area contributed by atoms with Gasteiger partial charge >= 0.3 is 39.5 Å². The maximum Gasteiger partial charge on any atom is 0.472 e. The first-order chi connectivity index (χ1) is 47.4. The molecule has 0 fully saturated rings. The number of phosphoric ester groups is 2. The molecule has 0 heterocycles. The summed E-state index contributed by atoms with van der Waals surface area (Å²) in [6.45, 7) is 9.48. The van der Waals surface area contributed by atoms with Crippen molar-refractivity contribution in [2.24, 2.45) is 11.8 Å². The molecule has 574 valence electrons. The number of rotatable bonds is 74. The van der Waals surface area contributed by atoms with Gasteiger partial charge in [0.25, 0.3) is 0 Å². The Labute approximate surface area is 597 Å². The first kappa shape index (κ1) is 95.0. The maximum absolute atomic E-state index is 13.1. The standard InChI is InChI=1S/C79H146O17P2/c1-7-10-12-14-16-18-20-22-24-29-33-37-43-49-55-61-76(81)89-67-74(95-78(83)63-57-51-44-38-34-30-25-23-21-19-17-15-13-11-8-2)69-93-97(85,86)91-65-73(80)66-92-98(87,88)94-70-75(68-90-77(82)62-56-50-46-40-41-47-53-59-71(4)5)96-79(84)64-58-52-45-39-35-31-27-26-28-32-36-42-48-54-60-72(6)9-3/h18-25,71-75,80H,7-17,26-70H2,1-6H3,(H,85,86)(H,87,88)/b20-18-,21-19-,24-22-,25-23-/t72?,73?,74-,75-/m1/s1. The topological polar surface area (TPSA) is 237 Å². The van der Waals surface area contributed by atoms with Gasteiger partial charge in [-0.2, -0.15) is 0 Å². The summed E-state index contributed by atoms with van der Waals surface area (Å²) in [4.78, 5) is 72.9. The molecule has 0 aliphatic carbocycles. The summed E-state index contributed by atoms with van der Waals surface area (Å²) in [7, 11) is -9.94. The summed E-state index contributed by atoms with van der Waals surface area (Å²) in [5.74, 6) is -0.629. The number of hydrogen-bond donors (Lipinski definition) is 3. The van der Waals surface area contributed by atoms with Crippen LogP contribution in [-0.4, -0.2) is 96.7 Å². The third-order valence-corrected chi connectivity index (χ3v) is 19.5. The van der Waals surface area contributed by atoms with E-state index in [1.54, 1.807) is 0 Å². The van der Waals surface area contributed by atoms with Crippen molar-refractivity contribution in [1.82, 2.24) is 0 Å². The molecule has 6 atom stereocenters. The molecule has 4 unspecified atom stereocenters. The van der Waals surface area contributed by atoms with Crippen molar-refractivity contribution in [3.63, 3.8) is 0 Å². The minimum Gasteiger partial charge on any atom is -0.462 e. The molecule has 0 radical (unpaired) electrons. The molecule has 0 bridgehead atoms. The molecule has 0 amide bonds. The second-order valence-corrected chi connectivity index (χ2v) is 30.7. The highest BCUT2D eigenvalue weighted by atomic mass is 31.2. The SMILES string of the molecule is CCCCCC/C=C\C=C/CCCCCCCC(=O)OC[C@H](COP(=O)(O)OCC(O)COP(=O)(O)OC[C@@H](COC(=O)CCCCCCCCCC(C)C)OC(=O)CCCCCCCCCCCCCCCCC(C)CC)OC(=O)CCCCCCC/C=C\C=C/CCCCCC. The highest BCUT2D eigenvalue weighted by molar-refractivity contribution is 7.47. The van der Waals surface area contributed by atoms with Gasteiger partial charge in [0.2, 0.25) is 0 Å². The van der Waals surface area contributed by atoms with E-state index in [2.05, 4.69) is 90.2 Å². The predicted molar refractivity (Wildman–Crippen MR) is 400 cm³/mol. The quantitative estimate of drug-likeness (QED) is 0.0169. The summed E-state index contributed by atoms with van der Waals surface area (Å²) >= 11 is 0. The van der Waals surface area contributed by atoms with E-state index >= 15 is 0 Å². The number of carbonyl (C=O) groups is 4. The van der Waals surface area contributed by atoms with Crippen molar-refractivity contribution in [1.29, 1.82) is 0 Å². The summed E-state index contributed by atoms with van der Waals surface area (Å²) in [5, 5.41) is 10.6. The number of esters is 4. The van der Waals surface area contributed by atoms with Crippen LogP contribution in [-0.2, 0) is 65.4 Å². The molecule has 3 N–H and O–H groups in total. The van der Waals surface area contributed by atoms with E-state index in [9.17, 15) is 43.2 Å².